The predicted molar refractivity (Wildman–Crippen MR) is 113 cm³/mol. The Morgan fingerprint density at radius 3 is 2.55 bits per heavy atom. The number of hydrogen-bond acceptors (Lipinski definition) is 6. The largest absolute Gasteiger partial charge is 0.346 e. The van der Waals surface area contributed by atoms with E-state index in [4.69, 9.17) is 0 Å². The van der Waals surface area contributed by atoms with E-state index < -0.39 is 10.0 Å². The lowest BCUT2D eigenvalue weighted by molar-refractivity contribution is 0.0950. The second-order valence-electron chi connectivity index (χ2n) is 6.16. The first-order chi connectivity index (χ1) is 14.0. The summed E-state index contributed by atoms with van der Waals surface area (Å²) in [7, 11) is -3.61. The highest BCUT2D eigenvalue weighted by Gasteiger charge is 2.22. The van der Waals surface area contributed by atoms with Crippen LogP contribution in [0.2, 0.25) is 0 Å². The molecule has 1 amide bonds. The third-order valence-corrected chi connectivity index (χ3v) is 7.26. The van der Waals surface area contributed by atoms with Gasteiger partial charge in [0.1, 0.15) is 5.01 Å². The number of amides is 1. The number of carbonyl (C=O) groups is 1. The predicted octanol–water partition coefficient (Wildman–Crippen LogP) is 3.17. The Morgan fingerprint density at radius 2 is 1.86 bits per heavy atom. The quantitative estimate of drug-likeness (QED) is 0.593. The SMILES string of the molecule is CCN(CC)S(=O)(=O)c1cccc(C(=O)NCc2nc(-c3ccncc3)cs2)c1. The second kappa shape index (κ2) is 9.25. The normalized spacial score (nSPS) is 11.6. The highest BCUT2D eigenvalue weighted by atomic mass is 32.2. The first-order valence-electron chi connectivity index (χ1n) is 9.19. The zero-order valence-corrected chi connectivity index (χ0v) is 17.8. The van der Waals surface area contributed by atoms with Crippen LogP contribution in [0.3, 0.4) is 0 Å². The van der Waals surface area contributed by atoms with Crippen LogP contribution in [0, 0.1) is 0 Å². The Labute approximate surface area is 174 Å². The minimum atomic E-state index is -3.61. The van der Waals surface area contributed by atoms with Gasteiger partial charge in [-0.1, -0.05) is 19.9 Å². The van der Waals surface area contributed by atoms with E-state index in [9.17, 15) is 13.2 Å². The van der Waals surface area contributed by atoms with Crippen molar-refractivity contribution in [1.82, 2.24) is 19.6 Å². The molecule has 0 spiro atoms. The Hall–Kier alpha value is -2.62. The molecule has 0 fully saturated rings. The molecule has 0 radical (unpaired) electrons. The molecule has 0 saturated carbocycles. The first-order valence-corrected chi connectivity index (χ1v) is 11.5. The molecule has 0 aliphatic heterocycles. The van der Waals surface area contributed by atoms with Gasteiger partial charge >= 0.3 is 0 Å². The average molecular weight is 431 g/mol. The third kappa shape index (κ3) is 4.87. The van der Waals surface area contributed by atoms with Crippen molar-refractivity contribution in [2.24, 2.45) is 0 Å². The lowest BCUT2D eigenvalue weighted by Gasteiger charge is -2.18. The van der Waals surface area contributed by atoms with E-state index in [0.29, 0.717) is 18.7 Å². The van der Waals surface area contributed by atoms with Crippen molar-refractivity contribution in [3.63, 3.8) is 0 Å². The number of nitrogens with one attached hydrogen (secondary N) is 1. The zero-order chi connectivity index (χ0) is 20.9. The van der Waals surface area contributed by atoms with E-state index in [1.807, 2.05) is 17.5 Å². The molecule has 9 heteroatoms. The Balaban J connectivity index is 1.70. The molecule has 0 aliphatic carbocycles. The minimum Gasteiger partial charge on any atom is -0.346 e. The van der Waals surface area contributed by atoms with Gasteiger partial charge in [-0.05, 0) is 30.3 Å². The fourth-order valence-corrected chi connectivity index (χ4v) is 5.06. The van der Waals surface area contributed by atoms with Gasteiger partial charge in [-0.2, -0.15) is 4.31 Å². The third-order valence-electron chi connectivity index (χ3n) is 4.37. The van der Waals surface area contributed by atoms with E-state index in [1.165, 1.54) is 27.8 Å². The van der Waals surface area contributed by atoms with Gasteiger partial charge in [0.05, 0.1) is 17.1 Å². The number of pyridine rings is 1. The van der Waals surface area contributed by atoms with Crippen molar-refractivity contribution in [3.05, 3.63) is 64.7 Å². The van der Waals surface area contributed by atoms with Crippen LogP contribution in [0.1, 0.15) is 29.2 Å². The number of sulfonamides is 1. The zero-order valence-electron chi connectivity index (χ0n) is 16.2. The summed E-state index contributed by atoms with van der Waals surface area (Å²) >= 11 is 1.45. The molecule has 1 aromatic carbocycles. The van der Waals surface area contributed by atoms with Crippen molar-refractivity contribution in [1.29, 1.82) is 0 Å². The van der Waals surface area contributed by atoms with E-state index in [1.54, 1.807) is 38.4 Å². The maximum absolute atomic E-state index is 12.7. The molecule has 152 valence electrons. The minimum absolute atomic E-state index is 0.114. The second-order valence-corrected chi connectivity index (χ2v) is 9.04. The van der Waals surface area contributed by atoms with Gasteiger partial charge in [-0.25, -0.2) is 13.4 Å². The molecule has 2 aromatic heterocycles. The number of benzene rings is 1. The van der Waals surface area contributed by atoms with Gasteiger partial charge in [0.25, 0.3) is 5.91 Å². The molecular weight excluding hydrogens is 408 g/mol. The number of aromatic nitrogens is 2. The fraction of sp³-hybridized carbons (Fsp3) is 0.250. The summed E-state index contributed by atoms with van der Waals surface area (Å²) < 4.78 is 26.7. The summed E-state index contributed by atoms with van der Waals surface area (Å²) in [6.45, 7) is 4.58. The lowest BCUT2D eigenvalue weighted by Crippen LogP contribution is -2.31. The lowest BCUT2D eigenvalue weighted by atomic mass is 10.2. The Kier molecular flexibility index (Phi) is 6.73. The molecule has 0 aliphatic rings. The number of thiazole rings is 1. The monoisotopic (exact) mass is 430 g/mol. The topological polar surface area (TPSA) is 92.3 Å². The van der Waals surface area contributed by atoms with Crippen LogP contribution in [0.4, 0.5) is 0 Å². The summed E-state index contributed by atoms with van der Waals surface area (Å²) in [4.78, 5) is 21.2. The molecule has 29 heavy (non-hydrogen) atoms. The standard InChI is InChI=1S/C20H22N4O3S2/c1-3-24(4-2)29(26,27)17-7-5-6-16(12-17)20(25)22-13-19-23-18(14-28-19)15-8-10-21-11-9-15/h5-12,14H,3-4,13H2,1-2H3,(H,22,25). The highest BCUT2D eigenvalue weighted by Crippen LogP contribution is 2.21. The van der Waals surface area contributed by atoms with Crippen molar-refractivity contribution in [3.8, 4) is 11.3 Å². The molecular formula is C20H22N4O3S2. The van der Waals surface area contributed by atoms with Crippen molar-refractivity contribution in [2.75, 3.05) is 13.1 Å². The molecule has 0 atom stereocenters. The summed E-state index contributed by atoms with van der Waals surface area (Å²) in [6.07, 6.45) is 3.41. The van der Waals surface area contributed by atoms with Crippen LogP contribution in [0.25, 0.3) is 11.3 Å². The summed E-state index contributed by atoms with van der Waals surface area (Å²) in [5.74, 6) is -0.345. The molecule has 0 unspecified atom stereocenters. The molecule has 7 nitrogen and oxygen atoms in total. The van der Waals surface area contributed by atoms with Crippen LogP contribution in [0.5, 0.6) is 0 Å². The van der Waals surface area contributed by atoms with Crippen LogP contribution >= 0.6 is 11.3 Å². The van der Waals surface area contributed by atoms with Crippen LogP contribution < -0.4 is 5.32 Å². The molecule has 1 N–H and O–H groups in total. The van der Waals surface area contributed by atoms with Crippen LogP contribution in [-0.4, -0.2) is 41.7 Å². The molecule has 0 saturated heterocycles. The Bertz CT molecular complexity index is 1080. The van der Waals surface area contributed by atoms with Crippen molar-refractivity contribution in [2.45, 2.75) is 25.3 Å². The fourth-order valence-electron chi connectivity index (χ4n) is 2.82. The first kappa shape index (κ1) is 21.1. The number of hydrogen-bond donors (Lipinski definition) is 1. The number of rotatable bonds is 8. The molecule has 2 heterocycles. The number of nitrogens with zero attached hydrogens (tertiary/aromatic N) is 3. The number of carbonyl (C=O) groups excluding carboxylic acids is 1. The van der Waals surface area contributed by atoms with E-state index in [-0.39, 0.29) is 17.3 Å². The summed E-state index contributed by atoms with van der Waals surface area (Å²) in [5, 5.41) is 5.49. The maximum Gasteiger partial charge on any atom is 0.251 e. The summed E-state index contributed by atoms with van der Waals surface area (Å²) in [6, 6.07) is 9.84. The molecule has 3 rings (SSSR count). The van der Waals surface area contributed by atoms with E-state index >= 15 is 0 Å². The van der Waals surface area contributed by atoms with Gasteiger partial charge in [-0.3, -0.25) is 9.78 Å². The van der Waals surface area contributed by atoms with Crippen LogP contribution in [-0.2, 0) is 16.6 Å². The van der Waals surface area contributed by atoms with E-state index in [2.05, 4.69) is 15.3 Å². The van der Waals surface area contributed by atoms with Crippen molar-refractivity contribution >= 4 is 27.3 Å². The average Bonchev–Trinajstić information content (AvgIpc) is 3.22. The molecule has 3 aromatic rings. The van der Waals surface area contributed by atoms with E-state index in [0.717, 1.165) is 16.3 Å². The Morgan fingerprint density at radius 1 is 1.14 bits per heavy atom. The van der Waals surface area contributed by atoms with Gasteiger partial charge in [-0.15, -0.1) is 11.3 Å². The van der Waals surface area contributed by atoms with Crippen molar-refractivity contribution < 1.29 is 13.2 Å². The smallest absolute Gasteiger partial charge is 0.251 e. The van der Waals surface area contributed by atoms with Gasteiger partial charge in [0.2, 0.25) is 10.0 Å². The maximum atomic E-state index is 12.7. The van der Waals surface area contributed by atoms with Gasteiger partial charge in [0, 0.05) is 42.0 Å². The van der Waals surface area contributed by atoms with Gasteiger partial charge in [0.15, 0.2) is 0 Å². The molecule has 0 bridgehead atoms. The summed E-state index contributed by atoms with van der Waals surface area (Å²) in [5.41, 5.74) is 2.08. The highest BCUT2D eigenvalue weighted by molar-refractivity contribution is 7.89. The van der Waals surface area contributed by atoms with Crippen LogP contribution in [0.15, 0.2) is 59.1 Å². The van der Waals surface area contributed by atoms with Gasteiger partial charge < -0.3 is 5.32 Å².